The second kappa shape index (κ2) is 8.92. The van der Waals surface area contributed by atoms with Gasteiger partial charge in [0, 0.05) is 6.54 Å². The van der Waals surface area contributed by atoms with Gasteiger partial charge in [-0.1, -0.05) is 65.7 Å². The van der Waals surface area contributed by atoms with E-state index in [1.807, 2.05) is 50.2 Å². The molecule has 29 heavy (non-hydrogen) atoms. The number of hydrogen-bond donors (Lipinski definition) is 1. The van der Waals surface area contributed by atoms with Crippen molar-refractivity contribution in [1.29, 1.82) is 0 Å². The van der Waals surface area contributed by atoms with E-state index < -0.39 is 10.0 Å². The van der Waals surface area contributed by atoms with Crippen LogP contribution in [0.3, 0.4) is 0 Å². The smallest absolute Gasteiger partial charge is 0.264 e. The molecular formula is C23H24N2O3S. The number of anilines is 1. The molecule has 3 rings (SSSR count). The van der Waals surface area contributed by atoms with Crippen LogP contribution in [0, 0.1) is 13.8 Å². The van der Waals surface area contributed by atoms with Gasteiger partial charge in [0.25, 0.3) is 10.0 Å². The highest BCUT2D eigenvalue weighted by atomic mass is 32.2. The highest BCUT2D eigenvalue weighted by Gasteiger charge is 2.26. The SMILES string of the molecule is Cc1ccc(CNC(=O)CN(c2ccc(C)cc2)S(=O)(=O)c2ccccc2)cc1. The van der Waals surface area contributed by atoms with Crippen LogP contribution in [-0.4, -0.2) is 20.9 Å². The Hall–Kier alpha value is -3.12. The molecule has 0 aromatic heterocycles. The van der Waals surface area contributed by atoms with E-state index >= 15 is 0 Å². The van der Waals surface area contributed by atoms with Crippen molar-refractivity contribution in [1.82, 2.24) is 5.32 Å². The molecular weight excluding hydrogens is 384 g/mol. The molecule has 0 heterocycles. The molecule has 1 N–H and O–H groups in total. The molecule has 0 atom stereocenters. The third kappa shape index (κ3) is 5.23. The van der Waals surface area contributed by atoms with Crippen molar-refractivity contribution in [2.45, 2.75) is 25.3 Å². The van der Waals surface area contributed by atoms with E-state index in [9.17, 15) is 13.2 Å². The Bertz CT molecular complexity index is 1060. The van der Waals surface area contributed by atoms with Crippen LogP contribution >= 0.6 is 0 Å². The maximum atomic E-state index is 13.2. The van der Waals surface area contributed by atoms with Crippen molar-refractivity contribution >= 4 is 21.6 Å². The summed E-state index contributed by atoms with van der Waals surface area (Å²) in [5.74, 6) is -0.370. The summed E-state index contributed by atoms with van der Waals surface area (Å²) in [5.41, 5.74) is 3.55. The van der Waals surface area contributed by atoms with Crippen LogP contribution < -0.4 is 9.62 Å². The maximum absolute atomic E-state index is 13.2. The minimum atomic E-state index is -3.88. The van der Waals surface area contributed by atoms with Crippen LogP contribution in [0.1, 0.15) is 16.7 Å². The zero-order valence-corrected chi connectivity index (χ0v) is 17.3. The van der Waals surface area contributed by atoms with E-state index in [0.29, 0.717) is 12.2 Å². The lowest BCUT2D eigenvalue weighted by molar-refractivity contribution is -0.119. The molecule has 5 nitrogen and oxygen atoms in total. The number of sulfonamides is 1. The fourth-order valence-corrected chi connectivity index (χ4v) is 4.28. The largest absolute Gasteiger partial charge is 0.350 e. The quantitative estimate of drug-likeness (QED) is 0.646. The molecule has 3 aromatic carbocycles. The summed E-state index contributed by atoms with van der Waals surface area (Å²) in [7, 11) is -3.88. The maximum Gasteiger partial charge on any atom is 0.264 e. The summed E-state index contributed by atoms with van der Waals surface area (Å²) in [6.07, 6.45) is 0. The van der Waals surface area contributed by atoms with Gasteiger partial charge in [-0.25, -0.2) is 8.42 Å². The van der Waals surface area contributed by atoms with Crippen LogP contribution in [0.2, 0.25) is 0 Å². The predicted molar refractivity (Wildman–Crippen MR) is 115 cm³/mol. The van der Waals surface area contributed by atoms with Gasteiger partial charge in [-0.2, -0.15) is 0 Å². The average molecular weight is 409 g/mol. The van der Waals surface area contributed by atoms with Gasteiger partial charge in [0.05, 0.1) is 10.6 Å². The summed E-state index contributed by atoms with van der Waals surface area (Å²) in [6, 6.07) is 23.0. The number of amides is 1. The monoisotopic (exact) mass is 408 g/mol. The number of carbonyl (C=O) groups is 1. The van der Waals surface area contributed by atoms with Crippen molar-refractivity contribution in [2.75, 3.05) is 10.8 Å². The van der Waals surface area contributed by atoms with Gasteiger partial charge in [0.15, 0.2) is 0 Å². The fraction of sp³-hybridized carbons (Fsp3) is 0.174. The Morgan fingerprint density at radius 2 is 1.38 bits per heavy atom. The first-order valence-electron chi connectivity index (χ1n) is 9.33. The molecule has 0 bridgehead atoms. The van der Waals surface area contributed by atoms with E-state index in [0.717, 1.165) is 21.0 Å². The van der Waals surface area contributed by atoms with Gasteiger partial charge in [-0.15, -0.1) is 0 Å². The lowest BCUT2D eigenvalue weighted by Crippen LogP contribution is -2.40. The Balaban J connectivity index is 1.82. The van der Waals surface area contributed by atoms with Gasteiger partial charge in [0.2, 0.25) is 5.91 Å². The fourth-order valence-electron chi connectivity index (χ4n) is 2.84. The number of carbonyl (C=O) groups excluding carboxylic acids is 1. The van der Waals surface area contributed by atoms with Crippen LogP contribution in [0.5, 0.6) is 0 Å². The average Bonchev–Trinajstić information content (AvgIpc) is 2.73. The molecule has 0 aliphatic carbocycles. The third-order valence-electron chi connectivity index (χ3n) is 4.55. The van der Waals surface area contributed by atoms with Gasteiger partial charge in [0.1, 0.15) is 6.54 Å². The normalized spacial score (nSPS) is 11.1. The lowest BCUT2D eigenvalue weighted by atomic mass is 10.1. The molecule has 0 unspecified atom stereocenters. The van der Waals surface area contributed by atoms with Crippen molar-refractivity contribution in [3.63, 3.8) is 0 Å². The standard InChI is InChI=1S/C23H24N2O3S/c1-18-8-12-20(13-9-18)16-24-23(26)17-25(21-14-10-19(2)11-15-21)29(27,28)22-6-4-3-5-7-22/h3-15H,16-17H2,1-2H3,(H,24,26). The molecule has 0 saturated heterocycles. The van der Waals surface area contributed by atoms with Crippen molar-refractivity contribution in [2.24, 2.45) is 0 Å². The first-order chi connectivity index (χ1) is 13.9. The van der Waals surface area contributed by atoms with Crippen LogP contribution in [0.15, 0.2) is 83.8 Å². The van der Waals surface area contributed by atoms with Gasteiger partial charge >= 0.3 is 0 Å². The molecule has 1 amide bonds. The van der Waals surface area contributed by atoms with E-state index in [1.165, 1.54) is 12.1 Å². The van der Waals surface area contributed by atoms with Crippen molar-refractivity contribution < 1.29 is 13.2 Å². The van der Waals surface area contributed by atoms with E-state index in [1.54, 1.807) is 30.3 Å². The third-order valence-corrected chi connectivity index (χ3v) is 6.34. The second-order valence-corrected chi connectivity index (χ2v) is 8.78. The molecule has 150 valence electrons. The lowest BCUT2D eigenvalue weighted by Gasteiger charge is -2.24. The van der Waals surface area contributed by atoms with E-state index in [-0.39, 0.29) is 17.3 Å². The van der Waals surface area contributed by atoms with Crippen molar-refractivity contribution in [3.8, 4) is 0 Å². The number of nitrogens with zero attached hydrogens (tertiary/aromatic N) is 1. The summed E-state index contributed by atoms with van der Waals surface area (Å²) in [6.45, 7) is 3.96. The Labute approximate surface area is 172 Å². The highest BCUT2D eigenvalue weighted by Crippen LogP contribution is 2.23. The molecule has 3 aromatic rings. The summed E-state index contributed by atoms with van der Waals surface area (Å²) < 4.78 is 27.6. The summed E-state index contributed by atoms with van der Waals surface area (Å²) in [5, 5.41) is 2.81. The summed E-state index contributed by atoms with van der Waals surface area (Å²) >= 11 is 0. The van der Waals surface area contributed by atoms with Crippen LogP contribution in [0.4, 0.5) is 5.69 Å². The van der Waals surface area contributed by atoms with Gasteiger partial charge in [-0.3, -0.25) is 9.10 Å². The minimum absolute atomic E-state index is 0.145. The number of hydrogen-bond acceptors (Lipinski definition) is 3. The Morgan fingerprint density at radius 3 is 1.97 bits per heavy atom. The summed E-state index contributed by atoms with van der Waals surface area (Å²) in [4.78, 5) is 12.7. The number of nitrogens with one attached hydrogen (secondary N) is 1. The first kappa shape index (κ1) is 20.6. The molecule has 0 aliphatic heterocycles. The highest BCUT2D eigenvalue weighted by molar-refractivity contribution is 7.92. The zero-order valence-electron chi connectivity index (χ0n) is 16.5. The van der Waals surface area contributed by atoms with Crippen molar-refractivity contribution in [3.05, 3.63) is 95.6 Å². The Morgan fingerprint density at radius 1 is 0.828 bits per heavy atom. The number of rotatable bonds is 7. The van der Waals surface area contributed by atoms with Crippen LogP contribution in [0.25, 0.3) is 0 Å². The number of aryl methyl sites for hydroxylation is 2. The van der Waals surface area contributed by atoms with E-state index in [2.05, 4.69) is 5.32 Å². The van der Waals surface area contributed by atoms with Gasteiger partial charge < -0.3 is 5.32 Å². The molecule has 0 fully saturated rings. The second-order valence-electron chi connectivity index (χ2n) is 6.92. The number of benzene rings is 3. The molecule has 0 saturated carbocycles. The Kier molecular flexibility index (Phi) is 6.34. The molecule has 6 heteroatoms. The first-order valence-corrected chi connectivity index (χ1v) is 10.8. The van der Waals surface area contributed by atoms with E-state index in [4.69, 9.17) is 0 Å². The molecule has 0 aliphatic rings. The van der Waals surface area contributed by atoms with Crippen LogP contribution in [-0.2, 0) is 21.4 Å². The molecule has 0 spiro atoms. The molecule has 0 radical (unpaired) electrons. The predicted octanol–water partition coefficient (Wildman–Crippen LogP) is 3.82. The topological polar surface area (TPSA) is 66.5 Å². The zero-order chi connectivity index (χ0) is 20.9. The van der Waals surface area contributed by atoms with Gasteiger partial charge in [-0.05, 0) is 43.7 Å². The minimum Gasteiger partial charge on any atom is -0.350 e.